The number of benzene rings is 2. The summed E-state index contributed by atoms with van der Waals surface area (Å²) in [6.07, 6.45) is 0.312. The lowest BCUT2D eigenvalue weighted by molar-refractivity contribution is -0.135. The SMILES string of the molecule is CCCC(=O)Oc1ccc(C(=O)OCCNC(=O)C(C)(CC(C)(CC(C)(C)C#N)C(=O)NCC(C)O)SC(=S)c2ccccc2)cc1. The molecule has 2 aromatic carbocycles. The third kappa shape index (κ3) is 12.7. The summed E-state index contributed by atoms with van der Waals surface area (Å²) in [7, 11) is 0. The molecule has 2 aromatic rings. The van der Waals surface area contributed by atoms with Gasteiger partial charge in [0.15, 0.2) is 0 Å². The molecule has 12 heteroatoms. The number of carbonyl (C=O) groups excluding carboxylic acids is 4. The fourth-order valence-electron chi connectivity index (χ4n) is 5.06. The predicted molar refractivity (Wildman–Crippen MR) is 186 cm³/mol. The molecule has 0 aliphatic carbocycles. The molecule has 0 fully saturated rings. The summed E-state index contributed by atoms with van der Waals surface area (Å²) in [4.78, 5) is 51.8. The van der Waals surface area contributed by atoms with Gasteiger partial charge in [-0.1, -0.05) is 68.2 Å². The molecule has 0 aliphatic rings. The first-order chi connectivity index (χ1) is 22.0. The lowest BCUT2D eigenvalue weighted by Gasteiger charge is -2.40. The summed E-state index contributed by atoms with van der Waals surface area (Å²) in [6, 6.07) is 17.4. The van der Waals surface area contributed by atoms with Gasteiger partial charge < -0.3 is 25.2 Å². The van der Waals surface area contributed by atoms with Crippen LogP contribution < -0.4 is 15.4 Å². The molecular formula is C35H45N3O7S2. The quantitative estimate of drug-likeness (QED) is 0.0859. The van der Waals surface area contributed by atoms with Crippen molar-refractivity contribution >= 4 is 51.9 Å². The van der Waals surface area contributed by atoms with Crippen LogP contribution in [0.15, 0.2) is 54.6 Å². The minimum Gasteiger partial charge on any atom is -0.460 e. The molecule has 0 heterocycles. The second kappa shape index (κ2) is 17.9. The molecule has 2 rings (SSSR count). The highest BCUT2D eigenvalue weighted by Crippen LogP contribution is 2.45. The lowest BCUT2D eigenvalue weighted by Crippen LogP contribution is -2.52. The predicted octanol–water partition coefficient (Wildman–Crippen LogP) is 5.37. The van der Waals surface area contributed by atoms with Crippen LogP contribution in [0.1, 0.15) is 83.1 Å². The zero-order valence-corrected chi connectivity index (χ0v) is 29.5. The second-order valence-electron chi connectivity index (χ2n) is 12.6. The normalized spacial score (nSPS) is 14.3. The van der Waals surface area contributed by atoms with Crippen molar-refractivity contribution in [2.75, 3.05) is 19.7 Å². The molecule has 3 unspecified atom stereocenters. The fraction of sp³-hybridized carbons (Fsp3) is 0.486. The Balaban J connectivity index is 2.22. The van der Waals surface area contributed by atoms with Crippen LogP contribution in [-0.4, -0.2) is 63.6 Å². The van der Waals surface area contributed by atoms with Gasteiger partial charge in [-0.25, -0.2) is 4.79 Å². The first-order valence-corrected chi connectivity index (χ1v) is 16.7. The van der Waals surface area contributed by atoms with Gasteiger partial charge in [-0.2, -0.15) is 5.26 Å². The smallest absolute Gasteiger partial charge is 0.338 e. The standard InChI is InChI=1S/C35H45N3O7S2/c1-7-11-28(40)45-27-16-14-25(15-17-27)29(41)44-19-18-37-32(43)35(6,47-30(46)26-12-9-8-10-13-26)22-34(5,21-33(3,4)23-36)31(42)38-20-24(2)39/h8-10,12-17,24,39H,7,11,18-22H2,1-6H3,(H,37,43)(H,38,42). The van der Waals surface area contributed by atoms with Crippen LogP contribution in [0.25, 0.3) is 0 Å². The Morgan fingerprint density at radius 2 is 1.60 bits per heavy atom. The average Bonchev–Trinajstić information content (AvgIpc) is 3.02. The van der Waals surface area contributed by atoms with Gasteiger partial charge in [0.1, 0.15) is 12.4 Å². The van der Waals surface area contributed by atoms with Crippen LogP contribution in [0.2, 0.25) is 0 Å². The van der Waals surface area contributed by atoms with Crippen LogP contribution >= 0.6 is 24.0 Å². The van der Waals surface area contributed by atoms with E-state index in [4.69, 9.17) is 21.7 Å². The second-order valence-corrected chi connectivity index (χ2v) is 14.8. The molecule has 2 amide bonds. The van der Waals surface area contributed by atoms with E-state index >= 15 is 0 Å². The van der Waals surface area contributed by atoms with Gasteiger partial charge in [0.25, 0.3) is 0 Å². The molecule has 0 bridgehead atoms. The van der Waals surface area contributed by atoms with E-state index in [9.17, 15) is 29.5 Å². The largest absolute Gasteiger partial charge is 0.460 e. The van der Waals surface area contributed by atoms with Gasteiger partial charge in [0, 0.05) is 18.4 Å². The third-order valence-electron chi connectivity index (χ3n) is 7.17. The van der Waals surface area contributed by atoms with Gasteiger partial charge in [-0.05, 0) is 76.8 Å². The molecule has 47 heavy (non-hydrogen) atoms. The molecule has 10 nitrogen and oxygen atoms in total. The number of esters is 2. The molecule has 3 N–H and O–H groups in total. The highest BCUT2D eigenvalue weighted by atomic mass is 32.2. The molecule has 0 radical (unpaired) electrons. The van der Waals surface area contributed by atoms with Crippen LogP contribution in [0.5, 0.6) is 5.75 Å². The first kappa shape index (κ1) is 39.4. The number of rotatable bonds is 17. The lowest BCUT2D eigenvalue weighted by atomic mass is 9.69. The van der Waals surface area contributed by atoms with Crippen LogP contribution in [0.4, 0.5) is 0 Å². The summed E-state index contributed by atoms with van der Waals surface area (Å²) in [5, 5.41) is 25.2. The Hall–Kier alpha value is -3.79. The number of hydrogen-bond acceptors (Lipinski definition) is 10. The van der Waals surface area contributed by atoms with Crippen LogP contribution in [-0.2, 0) is 19.1 Å². The maximum Gasteiger partial charge on any atom is 0.338 e. The Labute approximate surface area is 287 Å². The van der Waals surface area contributed by atoms with E-state index in [-0.39, 0.29) is 44.1 Å². The van der Waals surface area contributed by atoms with E-state index < -0.39 is 39.5 Å². The monoisotopic (exact) mass is 683 g/mol. The summed E-state index contributed by atoms with van der Waals surface area (Å²) in [6.45, 7) is 10.2. The Morgan fingerprint density at radius 3 is 2.17 bits per heavy atom. The highest BCUT2D eigenvalue weighted by Gasteiger charge is 2.48. The highest BCUT2D eigenvalue weighted by molar-refractivity contribution is 8.25. The molecular weight excluding hydrogens is 639 g/mol. The van der Waals surface area contributed by atoms with Crippen LogP contribution in [0.3, 0.4) is 0 Å². The number of aliphatic hydroxyl groups excluding tert-OH is 1. The van der Waals surface area contributed by atoms with Crippen molar-refractivity contribution in [3.05, 3.63) is 65.7 Å². The summed E-state index contributed by atoms with van der Waals surface area (Å²) >= 11 is 6.87. The number of nitrogens with one attached hydrogen (secondary N) is 2. The maximum absolute atomic E-state index is 13.9. The summed E-state index contributed by atoms with van der Waals surface area (Å²) in [5.41, 5.74) is -1.12. The van der Waals surface area contributed by atoms with E-state index in [0.29, 0.717) is 22.8 Å². The van der Waals surface area contributed by atoms with E-state index in [2.05, 4.69) is 16.7 Å². The topological polar surface area (TPSA) is 155 Å². The third-order valence-corrected chi connectivity index (χ3v) is 8.86. The fourth-order valence-corrected chi connectivity index (χ4v) is 6.97. The summed E-state index contributed by atoms with van der Waals surface area (Å²) < 4.78 is 9.73. The number of nitrogens with zero attached hydrogens (tertiary/aromatic N) is 1. The number of thioether (sulfide) groups is 1. The van der Waals surface area contributed by atoms with Crippen molar-refractivity contribution in [1.82, 2.24) is 10.6 Å². The minimum atomic E-state index is -1.29. The molecule has 3 atom stereocenters. The van der Waals surface area contributed by atoms with E-state index in [1.165, 1.54) is 24.3 Å². The molecule has 0 saturated carbocycles. The minimum absolute atomic E-state index is 0.00912. The van der Waals surface area contributed by atoms with Crippen molar-refractivity contribution < 1.29 is 33.8 Å². The Kier molecular flexibility index (Phi) is 15.0. The zero-order chi connectivity index (χ0) is 35.3. The molecule has 0 spiro atoms. The Morgan fingerprint density at radius 1 is 0.957 bits per heavy atom. The van der Waals surface area contributed by atoms with Crippen molar-refractivity contribution in [2.45, 2.75) is 78.1 Å². The average molecular weight is 684 g/mol. The van der Waals surface area contributed by atoms with Gasteiger partial charge >= 0.3 is 11.9 Å². The van der Waals surface area contributed by atoms with Crippen LogP contribution in [0, 0.1) is 22.2 Å². The summed E-state index contributed by atoms with van der Waals surface area (Å²) in [5.74, 6) is -1.48. The van der Waals surface area contributed by atoms with Crippen molar-refractivity contribution in [1.29, 1.82) is 5.26 Å². The molecule has 254 valence electrons. The van der Waals surface area contributed by atoms with Crippen molar-refractivity contribution in [3.8, 4) is 11.8 Å². The molecule has 0 aliphatic heterocycles. The first-order valence-electron chi connectivity index (χ1n) is 15.5. The van der Waals surface area contributed by atoms with Crippen molar-refractivity contribution in [2.24, 2.45) is 10.8 Å². The number of nitriles is 1. The maximum atomic E-state index is 13.9. The van der Waals surface area contributed by atoms with E-state index in [0.717, 1.165) is 17.3 Å². The van der Waals surface area contributed by atoms with Gasteiger partial charge in [-0.15, -0.1) is 0 Å². The van der Waals surface area contributed by atoms with Crippen molar-refractivity contribution in [3.63, 3.8) is 0 Å². The van der Waals surface area contributed by atoms with Gasteiger partial charge in [0.2, 0.25) is 11.8 Å². The molecule has 0 aromatic heterocycles. The number of hydrogen-bond donors (Lipinski definition) is 3. The number of carbonyl (C=O) groups is 4. The number of amides is 2. The van der Waals surface area contributed by atoms with Gasteiger partial charge in [0.05, 0.1) is 38.6 Å². The van der Waals surface area contributed by atoms with E-state index in [1.807, 2.05) is 37.3 Å². The Bertz CT molecular complexity index is 1440. The number of ether oxygens (including phenoxy) is 2. The number of aliphatic hydroxyl groups is 1. The molecule has 0 saturated heterocycles. The zero-order valence-electron chi connectivity index (χ0n) is 27.9. The van der Waals surface area contributed by atoms with Gasteiger partial charge in [-0.3, -0.25) is 14.4 Å². The van der Waals surface area contributed by atoms with E-state index in [1.54, 1.807) is 34.6 Å². The number of thiocarbonyl (C=S) groups is 1.